The van der Waals surface area contributed by atoms with Crippen LogP contribution in [-0.2, 0) is 14.1 Å². The lowest BCUT2D eigenvalue weighted by molar-refractivity contribution is -0.130. The van der Waals surface area contributed by atoms with Gasteiger partial charge >= 0.3 is 7.12 Å². The van der Waals surface area contributed by atoms with E-state index in [1.165, 1.54) is 0 Å². The second kappa shape index (κ2) is 6.08. The van der Waals surface area contributed by atoms with Gasteiger partial charge in [-0.15, -0.1) is 0 Å². The lowest BCUT2D eigenvalue weighted by Gasteiger charge is -2.34. The van der Waals surface area contributed by atoms with Crippen molar-refractivity contribution in [3.05, 3.63) is 24.3 Å². The fourth-order valence-electron chi connectivity index (χ4n) is 2.96. The maximum atomic E-state index is 11.5. The van der Waals surface area contributed by atoms with Gasteiger partial charge in [-0.25, -0.2) is 0 Å². The van der Waals surface area contributed by atoms with Gasteiger partial charge in [-0.3, -0.25) is 4.79 Å². The maximum absolute atomic E-state index is 11.5. The van der Waals surface area contributed by atoms with Crippen LogP contribution in [0.2, 0.25) is 0 Å². The summed E-state index contributed by atoms with van der Waals surface area (Å²) in [6.45, 7) is 8.18. The monoisotopic (exact) mass is 331 g/mol. The Morgan fingerprint density at radius 2 is 1.67 bits per heavy atom. The SMILES string of the molecule is CNC(=O)C1CC(Oc2ccc(B3OC(C)(C)C(C)(C)O3)cc2)C1. The van der Waals surface area contributed by atoms with E-state index >= 15 is 0 Å². The summed E-state index contributed by atoms with van der Waals surface area (Å²) in [5.41, 5.74) is 0.305. The Morgan fingerprint density at radius 3 is 2.17 bits per heavy atom. The molecule has 1 aliphatic carbocycles. The van der Waals surface area contributed by atoms with Crippen molar-refractivity contribution >= 4 is 18.5 Å². The molecule has 2 aliphatic rings. The van der Waals surface area contributed by atoms with Gasteiger partial charge in [0.05, 0.1) is 11.2 Å². The fraction of sp³-hybridized carbons (Fsp3) is 0.611. The van der Waals surface area contributed by atoms with Crippen molar-refractivity contribution in [3.63, 3.8) is 0 Å². The van der Waals surface area contributed by atoms with Crippen molar-refractivity contribution in [1.29, 1.82) is 0 Å². The molecule has 1 aliphatic heterocycles. The van der Waals surface area contributed by atoms with E-state index in [1.807, 2.05) is 52.0 Å². The van der Waals surface area contributed by atoms with Gasteiger partial charge in [0.25, 0.3) is 0 Å². The van der Waals surface area contributed by atoms with Crippen molar-refractivity contribution in [3.8, 4) is 5.75 Å². The number of carbonyl (C=O) groups excluding carboxylic acids is 1. The number of hydrogen-bond acceptors (Lipinski definition) is 4. The first-order valence-electron chi connectivity index (χ1n) is 8.56. The minimum absolute atomic E-state index is 0.0871. The number of hydrogen-bond donors (Lipinski definition) is 1. The molecule has 0 aromatic heterocycles. The molecule has 1 N–H and O–H groups in total. The predicted octanol–water partition coefficient (Wildman–Crippen LogP) is 1.89. The summed E-state index contributed by atoms with van der Waals surface area (Å²) in [7, 11) is 1.32. The zero-order chi connectivity index (χ0) is 17.5. The summed E-state index contributed by atoms with van der Waals surface area (Å²) in [6.07, 6.45) is 1.67. The van der Waals surface area contributed by atoms with Crippen LogP contribution >= 0.6 is 0 Å². The molecule has 1 saturated heterocycles. The van der Waals surface area contributed by atoms with Crippen LogP contribution in [0.15, 0.2) is 24.3 Å². The molecule has 6 heteroatoms. The fourth-order valence-corrected chi connectivity index (χ4v) is 2.96. The Balaban J connectivity index is 1.56. The molecule has 130 valence electrons. The molecule has 0 bridgehead atoms. The molecule has 0 atom stereocenters. The highest BCUT2D eigenvalue weighted by atomic mass is 16.7. The summed E-state index contributed by atoms with van der Waals surface area (Å²) >= 11 is 0. The van der Waals surface area contributed by atoms with Crippen LogP contribution in [0, 0.1) is 5.92 Å². The van der Waals surface area contributed by atoms with E-state index in [0.29, 0.717) is 0 Å². The Labute approximate surface area is 144 Å². The third-order valence-corrected chi connectivity index (χ3v) is 5.42. The molecule has 1 saturated carbocycles. The Kier molecular flexibility index (Phi) is 4.38. The van der Waals surface area contributed by atoms with E-state index in [1.54, 1.807) is 7.05 Å². The quantitative estimate of drug-likeness (QED) is 0.856. The van der Waals surface area contributed by atoms with Crippen LogP contribution in [0.25, 0.3) is 0 Å². The van der Waals surface area contributed by atoms with Gasteiger partial charge in [0.15, 0.2) is 0 Å². The highest BCUT2D eigenvalue weighted by molar-refractivity contribution is 6.62. The molecule has 1 amide bonds. The van der Waals surface area contributed by atoms with Crippen LogP contribution in [0.1, 0.15) is 40.5 Å². The van der Waals surface area contributed by atoms with Gasteiger partial charge < -0.3 is 19.4 Å². The zero-order valence-corrected chi connectivity index (χ0v) is 15.1. The van der Waals surface area contributed by atoms with Gasteiger partial charge in [0.2, 0.25) is 5.91 Å². The molecule has 2 fully saturated rings. The van der Waals surface area contributed by atoms with Crippen LogP contribution in [0.4, 0.5) is 0 Å². The molecule has 3 rings (SSSR count). The molecule has 1 heterocycles. The molecule has 0 unspecified atom stereocenters. The first-order valence-corrected chi connectivity index (χ1v) is 8.56. The number of benzene rings is 1. The van der Waals surface area contributed by atoms with Crippen molar-refractivity contribution in [2.24, 2.45) is 5.92 Å². The molecule has 5 nitrogen and oxygen atoms in total. The highest BCUT2D eigenvalue weighted by Gasteiger charge is 2.51. The van der Waals surface area contributed by atoms with E-state index < -0.39 is 0 Å². The summed E-state index contributed by atoms with van der Waals surface area (Å²) in [5.74, 6) is 1.01. The molecular weight excluding hydrogens is 305 g/mol. The van der Waals surface area contributed by atoms with Crippen molar-refractivity contribution < 1.29 is 18.8 Å². The average molecular weight is 331 g/mol. The third kappa shape index (κ3) is 3.17. The Hall–Kier alpha value is -1.53. The first-order chi connectivity index (χ1) is 11.2. The minimum atomic E-state index is -0.356. The summed E-state index contributed by atoms with van der Waals surface area (Å²) in [6, 6.07) is 7.83. The Bertz CT molecular complexity index is 592. The van der Waals surface area contributed by atoms with E-state index in [0.717, 1.165) is 24.1 Å². The van der Waals surface area contributed by atoms with Gasteiger partial charge in [-0.05, 0) is 58.1 Å². The molecule has 1 aromatic carbocycles. The number of rotatable bonds is 4. The topological polar surface area (TPSA) is 56.8 Å². The predicted molar refractivity (Wildman–Crippen MR) is 93.4 cm³/mol. The normalized spacial score (nSPS) is 27.5. The van der Waals surface area contributed by atoms with Gasteiger partial charge in [0.1, 0.15) is 11.9 Å². The third-order valence-electron chi connectivity index (χ3n) is 5.42. The summed E-state index contributed by atoms with van der Waals surface area (Å²) in [4.78, 5) is 11.5. The lowest BCUT2D eigenvalue weighted by atomic mass is 9.79. The maximum Gasteiger partial charge on any atom is 0.494 e. The van der Waals surface area contributed by atoms with E-state index in [-0.39, 0.29) is 36.2 Å². The van der Waals surface area contributed by atoms with Crippen LogP contribution < -0.4 is 15.5 Å². The smallest absolute Gasteiger partial charge is 0.490 e. The standard InChI is InChI=1S/C18H26BNO4/c1-17(2)18(3,4)24-19(23-17)13-6-8-14(9-7-13)22-15-10-12(11-15)16(21)20-5/h6-9,12,15H,10-11H2,1-5H3,(H,20,21). The average Bonchev–Trinajstić information content (AvgIpc) is 2.70. The largest absolute Gasteiger partial charge is 0.494 e. The van der Waals surface area contributed by atoms with E-state index in [9.17, 15) is 4.79 Å². The van der Waals surface area contributed by atoms with E-state index in [2.05, 4.69) is 5.32 Å². The molecule has 0 spiro atoms. The lowest BCUT2D eigenvalue weighted by Crippen LogP contribution is -2.42. The molecule has 0 radical (unpaired) electrons. The van der Waals surface area contributed by atoms with Gasteiger partial charge in [0, 0.05) is 13.0 Å². The summed E-state index contributed by atoms with van der Waals surface area (Å²) < 4.78 is 18.0. The van der Waals surface area contributed by atoms with Crippen LogP contribution in [0.5, 0.6) is 5.75 Å². The zero-order valence-electron chi connectivity index (χ0n) is 15.1. The minimum Gasteiger partial charge on any atom is -0.490 e. The number of ether oxygens (including phenoxy) is 1. The number of nitrogens with one attached hydrogen (secondary N) is 1. The second-order valence-corrected chi connectivity index (χ2v) is 7.68. The van der Waals surface area contributed by atoms with Crippen molar-refractivity contribution in [2.45, 2.75) is 57.8 Å². The second-order valence-electron chi connectivity index (χ2n) is 7.68. The highest BCUT2D eigenvalue weighted by Crippen LogP contribution is 2.36. The van der Waals surface area contributed by atoms with Crippen molar-refractivity contribution in [1.82, 2.24) is 5.32 Å². The first kappa shape index (κ1) is 17.3. The molecule has 1 aromatic rings. The summed E-state index contributed by atoms with van der Waals surface area (Å²) in [5, 5.41) is 2.68. The number of carbonyl (C=O) groups is 1. The molecular formula is C18H26BNO4. The van der Waals surface area contributed by atoms with Crippen LogP contribution in [-0.4, -0.2) is 37.4 Å². The van der Waals surface area contributed by atoms with Crippen LogP contribution in [0.3, 0.4) is 0 Å². The molecule has 24 heavy (non-hydrogen) atoms. The van der Waals surface area contributed by atoms with Gasteiger partial charge in [-0.2, -0.15) is 0 Å². The van der Waals surface area contributed by atoms with E-state index in [4.69, 9.17) is 14.0 Å². The van der Waals surface area contributed by atoms with Gasteiger partial charge in [-0.1, -0.05) is 12.1 Å². The number of amides is 1. The Morgan fingerprint density at radius 1 is 1.12 bits per heavy atom. The van der Waals surface area contributed by atoms with Crippen molar-refractivity contribution in [2.75, 3.05) is 7.05 Å².